The van der Waals surface area contributed by atoms with E-state index in [4.69, 9.17) is 0 Å². The van der Waals surface area contributed by atoms with Gasteiger partial charge in [-0.05, 0) is 29.0 Å². The van der Waals surface area contributed by atoms with E-state index in [1.165, 1.54) is 0 Å². The number of rotatable bonds is 2. The van der Waals surface area contributed by atoms with E-state index in [1.54, 1.807) is 6.20 Å². The van der Waals surface area contributed by atoms with Crippen LogP contribution in [0.2, 0.25) is 0 Å². The first-order chi connectivity index (χ1) is 8.84. The van der Waals surface area contributed by atoms with E-state index < -0.39 is 0 Å². The Morgan fingerprint density at radius 2 is 1.78 bits per heavy atom. The largest absolute Gasteiger partial charge is 0.348 e. The molecule has 1 amide bonds. The molecule has 2 aromatic carbocycles. The summed E-state index contributed by atoms with van der Waals surface area (Å²) in [6.45, 7) is 0. The van der Waals surface area contributed by atoms with Crippen LogP contribution < -0.4 is 5.32 Å². The van der Waals surface area contributed by atoms with Crippen LogP contribution in [0.1, 0.15) is 10.4 Å². The summed E-state index contributed by atoms with van der Waals surface area (Å²) in [5, 5.41) is 4.86. The van der Waals surface area contributed by atoms with Crippen molar-refractivity contribution in [1.29, 1.82) is 0 Å². The number of carbonyl (C=O) groups is 1. The smallest absolute Gasteiger partial charge is 0.257 e. The van der Waals surface area contributed by atoms with Crippen LogP contribution in [0, 0.1) is 0 Å². The van der Waals surface area contributed by atoms with Crippen LogP contribution in [0.15, 0.2) is 60.8 Å². The second-order valence-electron chi connectivity index (χ2n) is 4.06. The molecule has 1 aromatic heterocycles. The topological polar surface area (TPSA) is 44.9 Å². The van der Waals surface area contributed by atoms with Crippen LogP contribution in [-0.4, -0.2) is 10.9 Å². The number of aromatic amines is 1. The van der Waals surface area contributed by atoms with Gasteiger partial charge in [-0.25, -0.2) is 0 Å². The molecule has 0 bridgehead atoms. The maximum Gasteiger partial charge on any atom is 0.257 e. The van der Waals surface area contributed by atoms with Crippen LogP contribution in [0.3, 0.4) is 0 Å². The summed E-state index contributed by atoms with van der Waals surface area (Å²) in [5.74, 6) is 0.599. The quantitative estimate of drug-likeness (QED) is 0.703. The van der Waals surface area contributed by atoms with E-state index in [0.29, 0.717) is 11.4 Å². The van der Waals surface area contributed by atoms with Crippen LogP contribution in [0.4, 0.5) is 5.82 Å². The van der Waals surface area contributed by atoms with Crippen molar-refractivity contribution in [2.75, 3.05) is 5.32 Å². The Labute approximate surface area is 104 Å². The number of hydrogen-bond donors (Lipinski definition) is 2. The highest BCUT2D eigenvalue weighted by Gasteiger charge is 2.09. The van der Waals surface area contributed by atoms with Crippen molar-refractivity contribution in [2.45, 2.75) is 0 Å². The van der Waals surface area contributed by atoms with Gasteiger partial charge in [0.1, 0.15) is 5.82 Å². The number of nitrogens with one attached hydrogen (secondary N) is 2. The lowest BCUT2D eigenvalue weighted by Crippen LogP contribution is -2.12. The Hall–Kier alpha value is -2.55. The van der Waals surface area contributed by atoms with Gasteiger partial charge in [0.25, 0.3) is 5.91 Å². The molecule has 3 rings (SSSR count). The Morgan fingerprint density at radius 1 is 0.944 bits per heavy atom. The third-order valence-corrected chi connectivity index (χ3v) is 2.88. The Bertz CT molecular complexity index is 681. The molecule has 0 fully saturated rings. The lowest BCUT2D eigenvalue weighted by Gasteiger charge is -2.06. The molecule has 1 heterocycles. The van der Waals surface area contributed by atoms with E-state index in [-0.39, 0.29) is 5.91 Å². The summed E-state index contributed by atoms with van der Waals surface area (Å²) in [7, 11) is 0. The standard InChI is InChI=1S/C15H12N2O/c18-15(17-14-9-4-10-16-14)13-8-3-6-11-5-1-2-7-12(11)13/h1-10,16H,(H,17,18). The van der Waals surface area contributed by atoms with Crippen LogP contribution in [0.5, 0.6) is 0 Å². The van der Waals surface area contributed by atoms with E-state index >= 15 is 0 Å². The van der Waals surface area contributed by atoms with Crippen molar-refractivity contribution < 1.29 is 4.79 Å². The summed E-state index contributed by atoms with van der Waals surface area (Å²) in [6, 6.07) is 17.3. The number of anilines is 1. The highest BCUT2D eigenvalue weighted by Crippen LogP contribution is 2.19. The number of amides is 1. The lowest BCUT2D eigenvalue weighted by atomic mass is 10.0. The summed E-state index contributed by atoms with van der Waals surface area (Å²) < 4.78 is 0. The predicted molar refractivity (Wildman–Crippen MR) is 72.7 cm³/mol. The minimum Gasteiger partial charge on any atom is -0.348 e. The molecule has 0 aliphatic carbocycles. The molecular weight excluding hydrogens is 224 g/mol. The van der Waals surface area contributed by atoms with E-state index in [1.807, 2.05) is 54.6 Å². The van der Waals surface area contributed by atoms with Gasteiger partial charge in [0.2, 0.25) is 0 Å². The number of carbonyl (C=O) groups excluding carboxylic acids is 1. The molecule has 3 heteroatoms. The normalized spacial score (nSPS) is 10.4. The minimum atomic E-state index is -0.103. The van der Waals surface area contributed by atoms with E-state index in [0.717, 1.165) is 10.8 Å². The van der Waals surface area contributed by atoms with Crippen LogP contribution >= 0.6 is 0 Å². The predicted octanol–water partition coefficient (Wildman–Crippen LogP) is 3.42. The van der Waals surface area contributed by atoms with Gasteiger partial charge in [0.05, 0.1) is 0 Å². The fraction of sp³-hybridized carbons (Fsp3) is 0. The average Bonchev–Trinajstić information content (AvgIpc) is 2.91. The second kappa shape index (κ2) is 4.37. The number of benzene rings is 2. The molecular formula is C15H12N2O. The van der Waals surface area contributed by atoms with E-state index in [2.05, 4.69) is 10.3 Å². The molecule has 0 saturated heterocycles. The molecule has 3 nitrogen and oxygen atoms in total. The van der Waals surface area contributed by atoms with Crippen molar-refractivity contribution in [1.82, 2.24) is 4.98 Å². The molecule has 0 aliphatic rings. The zero-order chi connectivity index (χ0) is 12.4. The second-order valence-corrected chi connectivity index (χ2v) is 4.06. The maximum atomic E-state index is 12.2. The average molecular weight is 236 g/mol. The van der Waals surface area contributed by atoms with Gasteiger partial charge in [-0.2, -0.15) is 0 Å². The molecule has 3 aromatic rings. The highest BCUT2D eigenvalue weighted by molar-refractivity contribution is 6.12. The fourth-order valence-electron chi connectivity index (χ4n) is 2.02. The summed E-state index contributed by atoms with van der Waals surface area (Å²) in [5.41, 5.74) is 0.683. The van der Waals surface area contributed by atoms with Crippen LogP contribution in [0.25, 0.3) is 10.8 Å². The first-order valence-electron chi connectivity index (χ1n) is 5.77. The number of fused-ring (bicyclic) bond motifs is 1. The number of hydrogen-bond acceptors (Lipinski definition) is 1. The Balaban J connectivity index is 2.01. The van der Waals surface area contributed by atoms with Gasteiger partial charge in [0.15, 0.2) is 0 Å². The molecule has 0 radical (unpaired) electrons. The minimum absolute atomic E-state index is 0.103. The maximum absolute atomic E-state index is 12.2. The SMILES string of the molecule is O=C(Nc1ccc[nH]1)c1cccc2ccccc12. The first kappa shape index (κ1) is 10.6. The van der Waals surface area contributed by atoms with Crippen molar-refractivity contribution in [3.63, 3.8) is 0 Å². The van der Waals surface area contributed by atoms with Gasteiger partial charge in [-0.1, -0.05) is 36.4 Å². The number of aromatic nitrogens is 1. The zero-order valence-electron chi connectivity index (χ0n) is 9.68. The molecule has 0 atom stereocenters. The molecule has 2 N–H and O–H groups in total. The molecule has 0 saturated carbocycles. The third-order valence-electron chi connectivity index (χ3n) is 2.88. The molecule has 0 aliphatic heterocycles. The fourth-order valence-corrected chi connectivity index (χ4v) is 2.02. The van der Waals surface area contributed by atoms with Gasteiger partial charge in [0, 0.05) is 11.8 Å². The number of H-pyrrole nitrogens is 1. The molecule has 0 unspecified atom stereocenters. The molecule has 18 heavy (non-hydrogen) atoms. The molecule has 0 spiro atoms. The first-order valence-corrected chi connectivity index (χ1v) is 5.77. The summed E-state index contributed by atoms with van der Waals surface area (Å²) >= 11 is 0. The molecule has 88 valence electrons. The Morgan fingerprint density at radius 3 is 2.61 bits per heavy atom. The van der Waals surface area contributed by atoms with Gasteiger partial charge >= 0.3 is 0 Å². The lowest BCUT2D eigenvalue weighted by molar-refractivity contribution is 0.102. The van der Waals surface area contributed by atoms with Crippen LogP contribution in [-0.2, 0) is 0 Å². The van der Waals surface area contributed by atoms with Crippen molar-refractivity contribution in [3.05, 3.63) is 66.4 Å². The zero-order valence-corrected chi connectivity index (χ0v) is 9.68. The van der Waals surface area contributed by atoms with E-state index in [9.17, 15) is 4.79 Å². The van der Waals surface area contributed by atoms with Gasteiger partial charge in [-0.3, -0.25) is 4.79 Å². The van der Waals surface area contributed by atoms with Crippen molar-refractivity contribution >= 4 is 22.5 Å². The summed E-state index contributed by atoms with van der Waals surface area (Å²) in [6.07, 6.45) is 1.78. The van der Waals surface area contributed by atoms with Gasteiger partial charge in [-0.15, -0.1) is 0 Å². The third kappa shape index (κ3) is 1.86. The van der Waals surface area contributed by atoms with Crippen molar-refractivity contribution in [3.8, 4) is 0 Å². The van der Waals surface area contributed by atoms with Gasteiger partial charge < -0.3 is 10.3 Å². The highest BCUT2D eigenvalue weighted by atomic mass is 16.1. The Kier molecular flexibility index (Phi) is 2.57. The monoisotopic (exact) mass is 236 g/mol. The van der Waals surface area contributed by atoms with Crippen molar-refractivity contribution in [2.24, 2.45) is 0 Å². The summed E-state index contributed by atoms with van der Waals surface area (Å²) in [4.78, 5) is 15.1.